The van der Waals surface area contributed by atoms with Gasteiger partial charge in [0.15, 0.2) is 0 Å². The minimum Gasteiger partial charge on any atom is -0.396 e. The average molecular weight is 359 g/mol. The fourth-order valence-electron chi connectivity index (χ4n) is 4.50. The molecule has 142 valence electrons. The molecule has 3 atom stereocenters. The van der Waals surface area contributed by atoms with Gasteiger partial charge in [0.25, 0.3) is 0 Å². The van der Waals surface area contributed by atoms with Gasteiger partial charge in [-0.3, -0.25) is 14.5 Å². The van der Waals surface area contributed by atoms with Crippen LogP contribution in [0.25, 0.3) is 0 Å². The molecule has 1 saturated heterocycles. The summed E-state index contributed by atoms with van der Waals surface area (Å²) in [5.41, 5.74) is 0.351. The number of carbonyl (C=O) groups excluding carboxylic acids is 2. The van der Waals surface area contributed by atoms with Gasteiger partial charge in [-0.1, -0.05) is 51.1 Å². The van der Waals surface area contributed by atoms with Gasteiger partial charge < -0.3 is 9.84 Å². The first kappa shape index (κ1) is 19.1. The molecule has 0 aromatic heterocycles. The zero-order chi connectivity index (χ0) is 18.9. The third-order valence-electron chi connectivity index (χ3n) is 6.67. The fourth-order valence-corrected chi connectivity index (χ4v) is 4.50. The molecule has 0 spiro atoms. The van der Waals surface area contributed by atoms with Crippen LogP contribution in [0.4, 0.5) is 0 Å². The molecule has 26 heavy (non-hydrogen) atoms. The number of imide groups is 1. The van der Waals surface area contributed by atoms with Crippen LogP contribution in [0.3, 0.4) is 0 Å². The Morgan fingerprint density at radius 1 is 1.31 bits per heavy atom. The molecule has 5 nitrogen and oxygen atoms in total. The molecule has 2 fully saturated rings. The highest BCUT2D eigenvalue weighted by Gasteiger charge is 2.67. The summed E-state index contributed by atoms with van der Waals surface area (Å²) >= 11 is 0. The highest BCUT2D eigenvalue weighted by molar-refractivity contribution is 6.02. The highest BCUT2D eigenvalue weighted by atomic mass is 16.5. The maximum atomic E-state index is 13.1. The molecular formula is C21H29NO4. The number of piperidine rings is 1. The predicted molar refractivity (Wildman–Crippen MR) is 98.1 cm³/mol. The Labute approximate surface area is 155 Å². The summed E-state index contributed by atoms with van der Waals surface area (Å²) in [6, 6.07) is 9.71. The van der Waals surface area contributed by atoms with E-state index in [4.69, 9.17) is 4.74 Å². The number of aliphatic hydroxyl groups is 1. The summed E-state index contributed by atoms with van der Waals surface area (Å²) in [4.78, 5) is 27.6. The number of hydrogen-bond acceptors (Lipinski definition) is 4. The summed E-state index contributed by atoms with van der Waals surface area (Å²) in [5.74, 6) is -0.750. The van der Waals surface area contributed by atoms with Gasteiger partial charge in [0, 0.05) is 12.6 Å². The van der Waals surface area contributed by atoms with Crippen molar-refractivity contribution in [2.24, 2.45) is 16.7 Å². The summed E-state index contributed by atoms with van der Waals surface area (Å²) in [7, 11) is 0. The van der Waals surface area contributed by atoms with Crippen LogP contribution in [0.1, 0.15) is 45.6 Å². The smallest absolute Gasteiger partial charge is 0.236 e. The van der Waals surface area contributed by atoms with E-state index in [1.165, 1.54) is 4.90 Å². The maximum absolute atomic E-state index is 13.1. The van der Waals surface area contributed by atoms with E-state index >= 15 is 0 Å². The van der Waals surface area contributed by atoms with Gasteiger partial charge >= 0.3 is 0 Å². The Morgan fingerprint density at radius 2 is 2.00 bits per heavy atom. The summed E-state index contributed by atoms with van der Waals surface area (Å²) < 4.78 is 5.74. The molecule has 5 heteroatoms. The van der Waals surface area contributed by atoms with Crippen molar-refractivity contribution >= 4 is 11.8 Å². The lowest BCUT2D eigenvalue weighted by molar-refractivity contribution is -0.153. The van der Waals surface area contributed by atoms with Gasteiger partial charge in [-0.15, -0.1) is 0 Å². The van der Waals surface area contributed by atoms with E-state index in [1.807, 2.05) is 37.3 Å². The Balaban J connectivity index is 1.68. The zero-order valence-corrected chi connectivity index (χ0v) is 15.9. The summed E-state index contributed by atoms with van der Waals surface area (Å²) in [5, 5.41) is 9.38. The van der Waals surface area contributed by atoms with Crippen molar-refractivity contribution in [1.29, 1.82) is 0 Å². The van der Waals surface area contributed by atoms with Crippen LogP contribution in [0.5, 0.6) is 0 Å². The molecule has 0 radical (unpaired) electrons. The van der Waals surface area contributed by atoms with E-state index in [0.717, 1.165) is 18.4 Å². The lowest BCUT2D eigenvalue weighted by atomic mass is 9.70. The molecule has 2 bridgehead atoms. The normalized spacial score (nSPS) is 27.8. The van der Waals surface area contributed by atoms with Gasteiger partial charge in [0.2, 0.25) is 11.8 Å². The lowest BCUT2D eigenvalue weighted by Crippen LogP contribution is -2.48. The lowest BCUT2D eigenvalue weighted by Gasteiger charge is -2.31. The second-order valence-corrected chi connectivity index (χ2v) is 8.33. The van der Waals surface area contributed by atoms with Crippen LogP contribution in [-0.4, -0.2) is 41.1 Å². The van der Waals surface area contributed by atoms with Crippen molar-refractivity contribution in [1.82, 2.24) is 4.90 Å². The van der Waals surface area contributed by atoms with E-state index in [9.17, 15) is 14.7 Å². The van der Waals surface area contributed by atoms with Crippen molar-refractivity contribution in [3.63, 3.8) is 0 Å². The van der Waals surface area contributed by atoms with Crippen molar-refractivity contribution in [2.75, 3.05) is 13.2 Å². The third kappa shape index (κ3) is 2.97. The average Bonchev–Trinajstić information content (AvgIpc) is 2.93. The molecule has 3 rings (SSSR count). The fraction of sp³-hybridized carbons (Fsp3) is 0.619. The molecule has 1 aliphatic carbocycles. The second-order valence-electron chi connectivity index (χ2n) is 8.33. The number of likely N-dealkylation sites (tertiary alicyclic amines) is 1. The molecule has 1 heterocycles. The van der Waals surface area contributed by atoms with E-state index in [1.54, 1.807) is 0 Å². The zero-order valence-electron chi connectivity index (χ0n) is 15.9. The summed E-state index contributed by atoms with van der Waals surface area (Å²) in [6.45, 7) is 6.68. The number of hydrogen-bond donors (Lipinski definition) is 1. The van der Waals surface area contributed by atoms with Crippen molar-refractivity contribution in [2.45, 2.75) is 52.7 Å². The standard InChI is InChI=1S/C21H29NO4/c1-20(2)17-9-11-21(20,3)19(25)22(17)18(24)16(10-12-23)14-26-13-15-7-5-4-6-8-15/h4-8,16-17,23H,9-14H2,1-3H3/t16-,17-,21-/m1/s1. The first-order chi connectivity index (χ1) is 12.3. The number of benzene rings is 1. The molecule has 2 amide bonds. The number of nitrogens with zero attached hydrogens (tertiary/aromatic N) is 1. The predicted octanol–water partition coefficient (Wildman–Crippen LogP) is 2.77. The van der Waals surface area contributed by atoms with E-state index < -0.39 is 11.3 Å². The molecular weight excluding hydrogens is 330 g/mol. The van der Waals surface area contributed by atoms with Crippen LogP contribution in [0, 0.1) is 16.7 Å². The van der Waals surface area contributed by atoms with Gasteiger partial charge in [-0.25, -0.2) is 0 Å². The number of aliphatic hydroxyl groups excluding tert-OH is 1. The van der Waals surface area contributed by atoms with Gasteiger partial charge in [0.05, 0.1) is 24.5 Å². The number of fused-ring (bicyclic) bond motifs is 2. The number of carbonyl (C=O) groups is 2. The Hall–Kier alpha value is -1.72. The quantitative estimate of drug-likeness (QED) is 0.813. The first-order valence-electron chi connectivity index (χ1n) is 9.43. The van der Waals surface area contributed by atoms with Gasteiger partial charge in [-0.2, -0.15) is 0 Å². The van der Waals surface area contributed by atoms with Crippen LogP contribution >= 0.6 is 0 Å². The minimum absolute atomic E-state index is 0.0529. The van der Waals surface area contributed by atoms with E-state index in [-0.39, 0.29) is 36.5 Å². The SMILES string of the molecule is CC1(C)[C@H]2CC[C@]1(C)C(=O)N2C(=O)[C@H](CCO)COCc1ccccc1. The molecule has 1 saturated carbocycles. The van der Waals surface area contributed by atoms with Crippen molar-refractivity contribution < 1.29 is 19.4 Å². The molecule has 2 aliphatic rings. The van der Waals surface area contributed by atoms with Gasteiger partial charge in [0.1, 0.15) is 0 Å². The Bertz CT molecular complexity index is 672. The Morgan fingerprint density at radius 3 is 2.58 bits per heavy atom. The molecule has 1 N–H and O–H groups in total. The van der Waals surface area contributed by atoms with Crippen LogP contribution in [0.15, 0.2) is 30.3 Å². The number of rotatable bonds is 7. The van der Waals surface area contributed by atoms with Crippen LogP contribution in [0.2, 0.25) is 0 Å². The van der Waals surface area contributed by atoms with E-state index in [0.29, 0.717) is 13.0 Å². The van der Waals surface area contributed by atoms with E-state index in [2.05, 4.69) is 13.8 Å². The monoisotopic (exact) mass is 359 g/mol. The highest BCUT2D eigenvalue weighted by Crippen LogP contribution is 2.60. The second kappa shape index (κ2) is 7.12. The topological polar surface area (TPSA) is 66.8 Å². The first-order valence-corrected chi connectivity index (χ1v) is 9.43. The van der Waals surface area contributed by atoms with Gasteiger partial charge in [-0.05, 0) is 30.2 Å². The Kier molecular flexibility index (Phi) is 5.22. The third-order valence-corrected chi connectivity index (χ3v) is 6.67. The minimum atomic E-state index is -0.494. The molecule has 0 unspecified atom stereocenters. The number of ether oxygens (including phenoxy) is 1. The van der Waals surface area contributed by atoms with Crippen molar-refractivity contribution in [3.8, 4) is 0 Å². The molecule has 1 aliphatic heterocycles. The largest absolute Gasteiger partial charge is 0.396 e. The van der Waals surface area contributed by atoms with Crippen molar-refractivity contribution in [3.05, 3.63) is 35.9 Å². The van der Waals surface area contributed by atoms with Crippen LogP contribution < -0.4 is 0 Å². The maximum Gasteiger partial charge on any atom is 0.236 e. The molecule has 1 aromatic rings. The van der Waals surface area contributed by atoms with Crippen LogP contribution in [-0.2, 0) is 20.9 Å². The summed E-state index contributed by atoms with van der Waals surface area (Å²) in [6.07, 6.45) is 2.00. The number of amides is 2. The molecule has 1 aromatic carbocycles.